The molecule has 1 fully saturated rings. The first kappa shape index (κ1) is 17.5. The Morgan fingerprint density at radius 3 is 2.65 bits per heavy atom. The van der Waals surface area contributed by atoms with E-state index in [1.807, 2.05) is 4.90 Å². The molecule has 0 N–H and O–H groups in total. The van der Waals surface area contributed by atoms with Crippen LogP contribution >= 0.6 is 0 Å². The zero-order valence-corrected chi connectivity index (χ0v) is 14.3. The molecule has 0 aromatic carbocycles. The van der Waals surface area contributed by atoms with E-state index in [1.54, 1.807) is 13.3 Å². The third-order valence-electron chi connectivity index (χ3n) is 4.17. The largest absolute Gasteiger partial charge is 0.480 e. The van der Waals surface area contributed by atoms with Crippen molar-refractivity contribution < 1.29 is 14.3 Å². The monoisotopic (exact) mass is 321 g/mol. The smallest absolute Gasteiger partial charge is 0.235 e. The minimum absolute atomic E-state index is 0.0238. The van der Waals surface area contributed by atoms with Crippen molar-refractivity contribution in [1.29, 1.82) is 0 Å². The van der Waals surface area contributed by atoms with Gasteiger partial charge in [0.15, 0.2) is 0 Å². The van der Waals surface area contributed by atoms with Crippen molar-refractivity contribution in [2.45, 2.75) is 52.1 Å². The molecule has 1 aromatic rings. The second-order valence-corrected chi connectivity index (χ2v) is 5.99. The summed E-state index contributed by atoms with van der Waals surface area (Å²) >= 11 is 0. The molecular weight excluding hydrogens is 294 g/mol. The minimum atomic E-state index is -0.0238. The molecule has 128 valence electrons. The fourth-order valence-corrected chi connectivity index (χ4v) is 3.03. The minimum Gasteiger partial charge on any atom is -0.480 e. The van der Waals surface area contributed by atoms with E-state index in [-0.39, 0.29) is 17.9 Å². The molecule has 1 unspecified atom stereocenters. The molecule has 1 aliphatic heterocycles. The van der Waals surface area contributed by atoms with Gasteiger partial charge in [0.1, 0.15) is 6.10 Å². The summed E-state index contributed by atoms with van der Waals surface area (Å²) in [6.45, 7) is 5.65. The molecule has 23 heavy (non-hydrogen) atoms. The van der Waals surface area contributed by atoms with Crippen molar-refractivity contribution in [3.63, 3.8) is 0 Å². The summed E-state index contributed by atoms with van der Waals surface area (Å²) in [7, 11) is 1.55. The zero-order valence-electron chi connectivity index (χ0n) is 14.3. The van der Waals surface area contributed by atoms with E-state index in [1.165, 1.54) is 6.20 Å². The van der Waals surface area contributed by atoms with E-state index in [0.29, 0.717) is 18.3 Å². The fraction of sp³-hybridized carbons (Fsp3) is 0.706. The summed E-state index contributed by atoms with van der Waals surface area (Å²) in [5.74, 6) is 1.30. The molecule has 1 aliphatic rings. The molecule has 0 radical (unpaired) electrons. The van der Waals surface area contributed by atoms with Crippen molar-refractivity contribution in [3.8, 4) is 11.8 Å². The summed E-state index contributed by atoms with van der Waals surface area (Å²) in [6.07, 6.45) is 7.94. The lowest BCUT2D eigenvalue weighted by atomic mass is 9.97. The maximum Gasteiger partial charge on any atom is 0.235 e. The average Bonchev–Trinajstić information content (AvgIpc) is 3.02. The van der Waals surface area contributed by atoms with Gasteiger partial charge in [-0.25, -0.2) is 0 Å². The first-order valence-corrected chi connectivity index (χ1v) is 8.49. The van der Waals surface area contributed by atoms with E-state index in [2.05, 4.69) is 23.8 Å². The molecule has 1 saturated heterocycles. The van der Waals surface area contributed by atoms with Crippen LogP contribution in [-0.4, -0.2) is 47.1 Å². The van der Waals surface area contributed by atoms with Crippen LogP contribution in [0.25, 0.3) is 0 Å². The van der Waals surface area contributed by atoms with E-state index >= 15 is 0 Å². The van der Waals surface area contributed by atoms with Crippen molar-refractivity contribution in [1.82, 2.24) is 14.9 Å². The van der Waals surface area contributed by atoms with Crippen molar-refractivity contribution in [3.05, 3.63) is 12.4 Å². The van der Waals surface area contributed by atoms with Crippen LogP contribution in [-0.2, 0) is 4.79 Å². The van der Waals surface area contributed by atoms with Gasteiger partial charge in [0.05, 0.1) is 26.0 Å². The highest BCUT2D eigenvalue weighted by atomic mass is 16.5. The maximum absolute atomic E-state index is 12.6. The van der Waals surface area contributed by atoms with Crippen molar-refractivity contribution in [2.75, 3.05) is 20.2 Å². The Morgan fingerprint density at radius 1 is 1.30 bits per heavy atom. The Labute approximate surface area is 138 Å². The Morgan fingerprint density at radius 2 is 2.00 bits per heavy atom. The van der Waals surface area contributed by atoms with Gasteiger partial charge in [0.2, 0.25) is 17.7 Å². The summed E-state index contributed by atoms with van der Waals surface area (Å²) in [5.41, 5.74) is 0. The van der Waals surface area contributed by atoms with E-state index in [9.17, 15) is 4.79 Å². The molecular formula is C17H27N3O3. The van der Waals surface area contributed by atoms with Crippen LogP contribution in [0.4, 0.5) is 0 Å². The highest BCUT2D eigenvalue weighted by molar-refractivity contribution is 5.79. The van der Waals surface area contributed by atoms with Gasteiger partial charge in [-0.05, 0) is 12.8 Å². The van der Waals surface area contributed by atoms with Crippen LogP contribution in [0.1, 0.15) is 46.0 Å². The van der Waals surface area contributed by atoms with Gasteiger partial charge in [-0.2, -0.15) is 4.98 Å². The molecule has 1 aromatic heterocycles. The van der Waals surface area contributed by atoms with E-state index in [4.69, 9.17) is 9.47 Å². The van der Waals surface area contributed by atoms with E-state index < -0.39 is 0 Å². The number of carbonyl (C=O) groups is 1. The van der Waals surface area contributed by atoms with Gasteiger partial charge < -0.3 is 14.4 Å². The Hall–Kier alpha value is -1.85. The maximum atomic E-state index is 12.6. The SMILES string of the molecule is CCCC(CCC)C(=O)N1CCC(Oc2cncc(OC)n2)C1. The van der Waals surface area contributed by atoms with E-state index in [0.717, 1.165) is 38.6 Å². The number of aromatic nitrogens is 2. The topological polar surface area (TPSA) is 64.6 Å². The summed E-state index contributed by atoms with van der Waals surface area (Å²) in [6, 6.07) is 0. The molecule has 6 nitrogen and oxygen atoms in total. The Kier molecular flexibility index (Phi) is 6.62. The summed E-state index contributed by atoms with van der Waals surface area (Å²) in [4.78, 5) is 22.8. The Bertz CT molecular complexity index is 504. The van der Waals surface area contributed by atoms with Crippen LogP contribution in [0.15, 0.2) is 12.4 Å². The zero-order chi connectivity index (χ0) is 16.7. The molecule has 6 heteroatoms. The lowest BCUT2D eigenvalue weighted by Crippen LogP contribution is -2.35. The van der Waals surface area contributed by atoms with Gasteiger partial charge in [-0.3, -0.25) is 9.78 Å². The molecule has 0 spiro atoms. The third-order valence-corrected chi connectivity index (χ3v) is 4.17. The number of methoxy groups -OCH3 is 1. The molecule has 0 aliphatic carbocycles. The van der Waals surface area contributed by atoms with Gasteiger partial charge in [-0.15, -0.1) is 0 Å². The fourth-order valence-electron chi connectivity index (χ4n) is 3.03. The molecule has 1 atom stereocenters. The number of likely N-dealkylation sites (tertiary alicyclic amines) is 1. The van der Waals surface area contributed by atoms with Gasteiger partial charge in [0, 0.05) is 18.9 Å². The van der Waals surface area contributed by atoms with Crippen LogP contribution in [0.2, 0.25) is 0 Å². The number of hydrogen-bond donors (Lipinski definition) is 0. The number of ether oxygens (including phenoxy) is 2. The summed E-state index contributed by atoms with van der Waals surface area (Å²) in [5, 5.41) is 0. The van der Waals surface area contributed by atoms with Crippen LogP contribution < -0.4 is 9.47 Å². The third kappa shape index (κ3) is 4.81. The first-order chi connectivity index (χ1) is 11.2. The molecule has 1 amide bonds. The second kappa shape index (κ2) is 8.70. The second-order valence-electron chi connectivity index (χ2n) is 5.99. The molecule has 0 bridgehead atoms. The van der Waals surface area contributed by atoms with Gasteiger partial charge in [0.25, 0.3) is 0 Å². The van der Waals surface area contributed by atoms with Crippen molar-refractivity contribution >= 4 is 5.91 Å². The first-order valence-electron chi connectivity index (χ1n) is 8.49. The van der Waals surface area contributed by atoms with Gasteiger partial charge >= 0.3 is 0 Å². The Balaban J connectivity index is 1.90. The number of nitrogens with zero attached hydrogens (tertiary/aromatic N) is 3. The molecule has 2 heterocycles. The quantitative estimate of drug-likeness (QED) is 0.736. The molecule has 2 rings (SSSR count). The standard InChI is InChI=1S/C17H27N3O3/c1-4-6-13(7-5-2)17(21)20-9-8-14(12-20)23-16-11-18-10-15(19-16)22-3/h10-11,13-14H,4-9,12H2,1-3H3. The van der Waals surface area contributed by atoms with Crippen LogP contribution in [0, 0.1) is 5.92 Å². The lowest BCUT2D eigenvalue weighted by molar-refractivity contribution is -0.135. The van der Waals surface area contributed by atoms with Gasteiger partial charge in [-0.1, -0.05) is 26.7 Å². The predicted octanol–water partition coefficient (Wildman–Crippen LogP) is 2.68. The number of carbonyl (C=O) groups excluding carboxylic acids is 1. The van der Waals surface area contributed by atoms with Crippen LogP contribution in [0.5, 0.6) is 11.8 Å². The summed E-state index contributed by atoms with van der Waals surface area (Å²) < 4.78 is 10.9. The number of rotatable bonds is 8. The lowest BCUT2D eigenvalue weighted by Gasteiger charge is -2.23. The predicted molar refractivity (Wildman–Crippen MR) is 87.5 cm³/mol. The average molecular weight is 321 g/mol. The number of hydrogen-bond acceptors (Lipinski definition) is 5. The van der Waals surface area contributed by atoms with Crippen molar-refractivity contribution in [2.24, 2.45) is 5.92 Å². The number of amides is 1. The highest BCUT2D eigenvalue weighted by Crippen LogP contribution is 2.22. The molecule has 0 saturated carbocycles. The highest BCUT2D eigenvalue weighted by Gasteiger charge is 2.31. The van der Waals surface area contributed by atoms with Crippen LogP contribution in [0.3, 0.4) is 0 Å². The normalized spacial score (nSPS) is 17.6.